The van der Waals surface area contributed by atoms with Gasteiger partial charge in [-0.1, -0.05) is 59.8 Å². The van der Waals surface area contributed by atoms with Crippen LogP contribution in [0.25, 0.3) is 0 Å². The van der Waals surface area contributed by atoms with Crippen LogP contribution >= 0.6 is 0 Å². The van der Waals surface area contributed by atoms with Crippen LogP contribution in [0.4, 0.5) is 0 Å². The first-order valence-electron chi connectivity index (χ1n) is 27.5. The summed E-state index contributed by atoms with van der Waals surface area (Å²) in [5, 5.41) is 0. The third kappa shape index (κ3) is 8.78. The van der Waals surface area contributed by atoms with Gasteiger partial charge in [-0.2, -0.15) is 0 Å². The summed E-state index contributed by atoms with van der Waals surface area (Å²) in [5.41, 5.74) is -0.455. The van der Waals surface area contributed by atoms with Crippen LogP contribution in [0.15, 0.2) is 0 Å². The molecule has 12 atom stereocenters. The van der Waals surface area contributed by atoms with Crippen LogP contribution in [0.1, 0.15) is 202 Å². The highest BCUT2D eigenvalue weighted by molar-refractivity contribution is 5.89. The minimum Gasteiger partial charge on any atom is -0.459 e. The zero-order valence-electron chi connectivity index (χ0n) is 43.6. The number of unbranched alkanes of at least 4 members (excludes halogenated alkanes) is 6. The van der Waals surface area contributed by atoms with Crippen LogP contribution < -0.4 is 0 Å². The number of fused-ring (bicyclic) bond motifs is 6. The summed E-state index contributed by atoms with van der Waals surface area (Å²) in [5.74, 6) is 2.90. The van der Waals surface area contributed by atoms with Gasteiger partial charge in [-0.05, 0) is 175 Å². The Morgan fingerprint density at radius 2 is 0.831 bits per heavy atom. The Bertz CT molecular complexity index is 1700. The third-order valence-electron chi connectivity index (χ3n) is 22.5. The Kier molecular flexibility index (Phi) is 13.4. The summed E-state index contributed by atoms with van der Waals surface area (Å²) in [6.45, 7) is 18.8. The van der Waals surface area contributed by atoms with E-state index in [-0.39, 0.29) is 44.4 Å². The number of hydrogen-bond donors (Lipinski definition) is 0. The van der Waals surface area contributed by atoms with Crippen molar-refractivity contribution in [1.29, 1.82) is 0 Å². The van der Waals surface area contributed by atoms with Crippen molar-refractivity contribution in [2.75, 3.05) is 67.6 Å². The molecule has 0 amide bonds. The number of quaternary nitrogens is 2. The molecule has 8 aliphatic rings. The fourth-order valence-corrected chi connectivity index (χ4v) is 18.8. The molecule has 4 bridgehead atoms. The van der Waals surface area contributed by atoms with E-state index in [2.05, 4.69) is 69.7 Å². The minimum atomic E-state index is -0.423. The molecule has 65 heavy (non-hydrogen) atoms. The van der Waals surface area contributed by atoms with E-state index in [1.54, 1.807) is 0 Å². The van der Waals surface area contributed by atoms with Crippen LogP contribution in [0.5, 0.6) is 0 Å². The van der Waals surface area contributed by atoms with Crippen molar-refractivity contribution in [2.24, 2.45) is 67.0 Å². The number of likely N-dealkylation sites (N-methyl/N-ethyl adjacent to an activating group) is 2. The van der Waals surface area contributed by atoms with Crippen LogP contribution in [0.3, 0.4) is 0 Å². The van der Waals surface area contributed by atoms with E-state index < -0.39 is 10.8 Å². The number of ether oxygens (including phenoxy) is 2. The van der Waals surface area contributed by atoms with E-state index in [0.29, 0.717) is 48.5 Å². The molecule has 8 fully saturated rings. The number of carbonyl (C=O) groups is 4. The number of Topliss-reactive ketones (excluding diaryl/α,β-unsaturated/α-hetero) is 2. The standard InChI is InChI=1S/C57H96N2O6/c1-50-28-20-44-52(3)24-18-26-54(5,42(52)22-30-56(44,40-50)38-46(50)60)48(62)64-36-34-58(7,8)32-16-14-12-11-13-15-17-33-59(9,10)35-37-65-49(63)55(6)27-19-25-53(4)43(55)23-31-57-39-47(61)51(2,41-57)29-21-45(53)57/h42-45H,11-41H2,1-10H3/q+2/t42-,43+,44-,45+,50-,51-,52+,53+,54+,55+,56-,57-/m0/s1. The lowest BCUT2D eigenvalue weighted by Gasteiger charge is -2.63. The topological polar surface area (TPSA) is 86.7 Å². The van der Waals surface area contributed by atoms with E-state index in [9.17, 15) is 19.2 Å². The largest absolute Gasteiger partial charge is 0.459 e. The highest BCUT2D eigenvalue weighted by atomic mass is 16.5. The molecular weight excluding hydrogens is 809 g/mol. The van der Waals surface area contributed by atoms with Gasteiger partial charge in [0, 0.05) is 23.7 Å². The second kappa shape index (κ2) is 17.6. The van der Waals surface area contributed by atoms with Crippen molar-refractivity contribution >= 4 is 23.5 Å². The van der Waals surface area contributed by atoms with Gasteiger partial charge in [-0.15, -0.1) is 0 Å². The second-order valence-corrected chi connectivity index (χ2v) is 27.8. The molecular formula is C57H96N2O6+2. The Labute approximate surface area is 396 Å². The zero-order valence-corrected chi connectivity index (χ0v) is 43.6. The summed E-state index contributed by atoms with van der Waals surface area (Å²) in [6, 6.07) is 0. The monoisotopic (exact) mass is 905 g/mol. The SMILES string of the molecule is C[C@@]12CC[C@@H]3[C@@](CC[C@H]4[C@@]3(C)CCC[C@@]4(C)C(=O)OCC[N+](C)(C)CCCCCCCCC[N+](C)(C)CCOC(=O)[C@]3(C)CCC[C@]4(C)[C@H]3CC[C@@]35CC(=O)[C@@](C)(CC[C@@H]34)C5)(CC1=O)C2. The van der Waals surface area contributed by atoms with Crippen molar-refractivity contribution < 1.29 is 37.6 Å². The molecule has 8 rings (SSSR count). The Balaban J connectivity index is 0.685. The number of nitrogens with zero attached hydrogens (tertiary/aromatic N) is 2. The molecule has 2 spiro atoms. The molecule has 8 heteroatoms. The highest BCUT2D eigenvalue weighted by Gasteiger charge is 2.70. The van der Waals surface area contributed by atoms with Crippen molar-refractivity contribution in [3.05, 3.63) is 0 Å². The smallest absolute Gasteiger partial charge is 0.312 e. The van der Waals surface area contributed by atoms with E-state index in [0.717, 1.165) is 138 Å². The Morgan fingerprint density at radius 1 is 0.477 bits per heavy atom. The molecule has 0 aromatic carbocycles. The summed E-state index contributed by atoms with van der Waals surface area (Å²) in [6.07, 6.45) is 27.6. The number of hydrogen-bond acceptors (Lipinski definition) is 6. The normalized spacial score (nSPS) is 43.3. The Morgan fingerprint density at radius 3 is 1.22 bits per heavy atom. The number of esters is 2. The molecule has 0 unspecified atom stereocenters. The molecule has 0 N–H and O–H groups in total. The quantitative estimate of drug-likeness (QED) is 0.0774. The lowest BCUT2D eigenvalue weighted by molar-refractivity contribution is -0.890. The van der Waals surface area contributed by atoms with Crippen molar-refractivity contribution in [2.45, 2.75) is 202 Å². The second-order valence-electron chi connectivity index (χ2n) is 27.8. The van der Waals surface area contributed by atoms with Gasteiger partial charge >= 0.3 is 11.9 Å². The zero-order chi connectivity index (χ0) is 47.0. The number of ketones is 2. The summed E-state index contributed by atoms with van der Waals surface area (Å²) in [4.78, 5) is 54.4. The van der Waals surface area contributed by atoms with Crippen LogP contribution in [0, 0.1) is 67.0 Å². The summed E-state index contributed by atoms with van der Waals surface area (Å²) >= 11 is 0. The Hall–Kier alpha value is -1.80. The number of rotatable bonds is 18. The van der Waals surface area contributed by atoms with Gasteiger partial charge in [0.05, 0.1) is 52.1 Å². The first kappa shape index (κ1) is 49.6. The van der Waals surface area contributed by atoms with E-state index >= 15 is 0 Å². The number of carbonyl (C=O) groups excluding carboxylic acids is 4. The van der Waals surface area contributed by atoms with Gasteiger partial charge in [0.2, 0.25) is 0 Å². The van der Waals surface area contributed by atoms with Gasteiger partial charge in [0.1, 0.15) is 37.9 Å². The molecule has 0 saturated heterocycles. The van der Waals surface area contributed by atoms with Gasteiger partial charge in [-0.25, -0.2) is 0 Å². The van der Waals surface area contributed by atoms with Crippen molar-refractivity contribution in [3.63, 3.8) is 0 Å². The lowest BCUT2D eigenvalue weighted by atomic mass is 9.40. The first-order chi connectivity index (χ1) is 30.4. The third-order valence-corrected chi connectivity index (χ3v) is 22.5. The maximum absolute atomic E-state index is 14.0. The molecule has 0 aromatic heterocycles. The van der Waals surface area contributed by atoms with E-state index in [4.69, 9.17) is 9.47 Å². The predicted octanol–water partition coefficient (Wildman–Crippen LogP) is 11.7. The maximum atomic E-state index is 14.0. The predicted molar refractivity (Wildman–Crippen MR) is 259 cm³/mol. The van der Waals surface area contributed by atoms with Gasteiger partial charge in [-0.3, -0.25) is 19.2 Å². The molecule has 8 nitrogen and oxygen atoms in total. The summed E-state index contributed by atoms with van der Waals surface area (Å²) < 4.78 is 14.2. The van der Waals surface area contributed by atoms with Gasteiger partial charge < -0.3 is 18.4 Å². The summed E-state index contributed by atoms with van der Waals surface area (Å²) in [7, 11) is 9.15. The molecule has 8 aliphatic carbocycles. The first-order valence-corrected chi connectivity index (χ1v) is 27.5. The fraction of sp³-hybridized carbons (Fsp3) is 0.930. The van der Waals surface area contributed by atoms with Crippen LogP contribution in [0.2, 0.25) is 0 Å². The molecule has 8 saturated carbocycles. The van der Waals surface area contributed by atoms with Gasteiger partial charge in [0.25, 0.3) is 0 Å². The van der Waals surface area contributed by atoms with Crippen LogP contribution in [-0.4, -0.2) is 100 Å². The van der Waals surface area contributed by atoms with Crippen molar-refractivity contribution in [3.8, 4) is 0 Å². The molecule has 0 aliphatic heterocycles. The van der Waals surface area contributed by atoms with E-state index in [1.165, 1.54) is 57.8 Å². The molecule has 0 aromatic rings. The van der Waals surface area contributed by atoms with Crippen LogP contribution in [-0.2, 0) is 28.7 Å². The maximum Gasteiger partial charge on any atom is 0.312 e. The average molecular weight is 905 g/mol. The molecule has 0 radical (unpaired) electrons. The van der Waals surface area contributed by atoms with E-state index in [1.807, 2.05) is 0 Å². The minimum absolute atomic E-state index is 0.0353. The molecule has 0 heterocycles. The average Bonchev–Trinajstić information content (AvgIpc) is 3.52. The fourth-order valence-electron chi connectivity index (χ4n) is 18.8. The lowest BCUT2D eigenvalue weighted by Crippen LogP contribution is -2.59. The molecule has 368 valence electrons. The van der Waals surface area contributed by atoms with Crippen molar-refractivity contribution in [1.82, 2.24) is 0 Å². The highest BCUT2D eigenvalue weighted by Crippen LogP contribution is 2.74. The van der Waals surface area contributed by atoms with Gasteiger partial charge in [0.15, 0.2) is 0 Å².